The summed E-state index contributed by atoms with van der Waals surface area (Å²) in [6.07, 6.45) is 1.26. The fourth-order valence-electron chi connectivity index (χ4n) is 3.55. The number of methoxy groups -OCH3 is 2. The van der Waals surface area contributed by atoms with Gasteiger partial charge in [-0.3, -0.25) is 4.79 Å². The lowest BCUT2D eigenvalue weighted by Crippen LogP contribution is -2.57. The average Bonchev–Trinajstić information content (AvgIpc) is 2.73. The van der Waals surface area contributed by atoms with E-state index in [4.69, 9.17) is 9.47 Å². The lowest BCUT2D eigenvalue weighted by Gasteiger charge is -2.44. The quantitative estimate of drug-likeness (QED) is 0.838. The molecule has 0 aromatic heterocycles. The maximum Gasteiger partial charge on any atom is 0.255 e. The molecule has 0 bridgehead atoms. The number of aliphatic hydroxyl groups is 1. The number of likely N-dealkylation sites (tertiary alicyclic amines) is 1. The first-order valence-corrected chi connectivity index (χ1v) is 8.80. The van der Waals surface area contributed by atoms with E-state index in [0.29, 0.717) is 18.4 Å². The Balaban J connectivity index is 1.97. The molecule has 1 aliphatic rings. The van der Waals surface area contributed by atoms with Gasteiger partial charge in [-0.25, -0.2) is 0 Å². The predicted octanol–water partition coefficient (Wildman–Crippen LogP) is 2.94. The molecule has 1 atom stereocenters. The Morgan fingerprint density at radius 2 is 1.77 bits per heavy atom. The van der Waals surface area contributed by atoms with Crippen LogP contribution in [0.4, 0.5) is 0 Å². The highest BCUT2D eigenvalue weighted by atomic mass is 16.7. The van der Waals surface area contributed by atoms with Crippen LogP contribution in [0, 0.1) is 0 Å². The maximum atomic E-state index is 13.4. The van der Waals surface area contributed by atoms with E-state index in [1.54, 1.807) is 19.1 Å². The zero-order valence-electron chi connectivity index (χ0n) is 15.2. The monoisotopic (exact) mass is 355 g/mol. The molecule has 138 valence electrons. The molecule has 2 aromatic carbocycles. The van der Waals surface area contributed by atoms with Crippen molar-refractivity contribution in [2.75, 3.05) is 27.4 Å². The van der Waals surface area contributed by atoms with Crippen LogP contribution in [0.15, 0.2) is 54.6 Å². The van der Waals surface area contributed by atoms with Crippen LogP contribution < -0.4 is 0 Å². The topological polar surface area (TPSA) is 59.0 Å². The minimum atomic E-state index is -0.830. The molecule has 1 fully saturated rings. The Morgan fingerprint density at radius 1 is 1.12 bits per heavy atom. The van der Waals surface area contributed by atoms with Gasteiger partial charge in [-0.2, -0.15) is 0 Å². The molecular weight excluding hydrogens is 330 g/mol. The minimum absolute atomic E-state index is 0.0806. The molecule has 1 aliphatic heterocycles. The summed E-state index contributed by atoms with van der Waals surface area (Å²) >= 11 is 0. The smallest absolute Gasteiger partial charge is 0.255 e. The summed E-state index contributed by atoms with van der Waals surface area (Å²) in [5.41, 5.74) is 2.47. The maximum absolute atomic E-state index is 13.4. The first-order chi connectivity index (χ1) is 12.6. The highest BCUT2D eigenvalue weighted by Gasteiger charge is 2.42. The average molecular weight is 355 g/mol. The lowest BCUT2D eigenvalue weighted by atomic mass is 9.94. The Hall–Kier alpha value is -2.21. The molecule has 5 nitrogen and oxygen atoms in total. The van der Waals surface area contributed by atoms with Crippen LogP contribution in [0.5, 0.6) is 0 Å². The summed E-state index contributed by atoms with van der Waals surface area (Å²) in [4.78, 5) is 15.1. The van der Waals surface area contributed by atoms with Gasteiger partial charge in [-0.15, -0.1) is 0 Å². The summed E-state index contributed by atoms with van der Waals surface area (Å²) in [7, 11) is 3.17. The van der Waals surface area contributed by atoms with Gasteiger partial charge < -0.3 is 19.5 Å². The number of ether oxygens (including phenoxy) is 2. The van der Waals surface area contributed by atoms with Crippen molar-refractivity contribution in [2.45, 2.75) is 24.7 Å². The number of benzene rings is 2. The van der Waals surface area contributed by atoms with Crippen molar-refractivity contribution in [3.63, 3.8) is 0 Å². The molecule has 26 heavy (non-hydrogen) atoms. The third kappa shape index (κ3) is 3.51. The summed E-state index contributed by atoms with van der Waals surface area (Å²) < 4.78 is 11.1. The van der Waals surface area contributed by atoms with E-state index < -0.39 is 5.79 Å². The number of rotatable bonds is 5. The van der Waals surface area contributed by atoms with Crippen LogP contribution in [0.2, 0.25) is 0 Å². The van der Waals surface area contributed by atoms with Crippen LogP contribution in [0.25, 0.3) is 11.1 Å². The Morgan fingerprint density at radius 3 is 2.42 bits per heavy atom. The molecule has 0 aliphatic carbocycles. The van der Waals surface area contributed by atoms with Gasteiger partial charge in [0, 0.05) is 26.2 Å². The molecule has 5 heteroatoms. The summed E-state index contributed by atoms with van der Waals surface area (Å²) in [6.45, 7) is 0.204. The van der Waals surface area contributed by atoms with Crippen molar-refractivity contribution in [2.24, 2.45) is 0 Å². The molecule has 1 heterocycles. The fraction of sp³-hybridized carbons (Fsp3) is 0.381. The van der Waals surface area contributed by atoms with Crippen LogP contribution in [-0.2, 0) is 9.47 Å². The first kappa shape index (κ1) is 18.6. The number of aliphatic hydroxyl groups excluding tert-OH is 1. The van der Waals surface area contributed by atoms with Crippen molar-refractivity contribution in [3.05, 3.63) is 60.2 Å². The van der Waals surface area contributed by atoms with E-state index >= 15 is 0 Å². The van der Waals surface area contributed by atoms with Crippen LogP contribution in [0.1, 0.15) is 23.2 Å². The molecular formula is C21H25NO4. The third-order valence-electron chi connectivity index (χ3n) is 5.17. The summed E-state index contributed by atoms with van der Waals surface area (Å²) in [5, 5.41) is 9.78. The Kier molecular flexibility index (Phi) is 5.71. The van der Waals surface area contributed by atoms with E-state index in [2.05, 4.69) is 0 Å². The van der Waals surface area contributed by atoms with Gasteiger partial charge >= 0.3 is 0 Å². The Bertz CT molecular complexity index is 743. The van der Waals surface area contributed by atoms with Crippen molar-refractivity contribution < 1.29 is 19.4 Å². The van der Waals surface area contributed by atoms with Crippen LogP contribution >= 0.6 is 0 Å². The highest BCUT2D eigenvalue weighted by molar-refractivity contribution is 6.01. The molecule has 1 unspecified atom stereocenters. The lowest BCUT2D eigenvalue weighted by molar-refractivity contribution is -0.234. The van der Waals surface area contributed by atoms with Gasteiger partial charge in [-0.1, -0.05) is 48.5 Å². The zero-order valence-corrected chi connectivity index (χ0v) is 15.2. The molecule has 0 spiro atoms. The zero-order chi connectivity index (χ0) is 18.6. The van der Waals surface area contributed by atoms with Gasteiger partial charge in [-0.05, 0) is 23.6 Å². The summed E-state index contributed by atoms with van der Waals surface area (Å²) in [5.74, 6) is -0.954. The largest absolute Gasteiger partial charge is 0.394 e. The van der Waals surface area contributed by atoms with E-state index in [1.807, 2.05) is 54.6 Å². The molecule has 0 saturated carbocycles. The Labute approximate surface area is 154 Å². The number of carbonyl (C=O) groups excluding carboxylic acids is 1. The van der Waals surface area contributed by atoms with Crippen molar-refractivity contribution in [1.82, 2.24) is 4.90 Å². The molecule has 0 radical (unpaired) electrons. The molecule has 2 aromatic rings. The number of carbonyl (C=O) groups is 1. The van der Waals surface area contributed by atoms with Gasteiger partial charge in [0.15, 0.2) is 5.79 Å². The van der Waals surface area contributed by atoms with Crippen molar-refractivity contribution in [3.8, 4) is 11.1 Å². The molecule has 1 N–H and O–H groups in total. The summed E-state index contributed by atoms with van der Waals surface area (Å²) in [6, 6.07) is 17.1. The van der Waals surface area contributed by atoms with E-state index in [9.17, 15) is 9.90 Å². The SMILES string of the molecule is COC1(OC)CCC(CO)N(C(=O)c2ccccc2-c2ccccc2)C1. The highest BCUT2D eigenvalue weighted by Crippen LogP contribution is 2.32. The van der Waals surface area contributed by atoms with Gasteiger partial charge in [0.25, 0.3) is 5.91 Å². The second-order valence-electron chi connectivity index (χ2n) is 6.54. The standard InChI is InChI=1S/C21H25NO4/c1-25-21(26-2)13-12-17(14-23)22(15-21)20(24)19-11-7-6-10-18(19)16-8-4-3-5-9-16/h3-11,17,23H,12-15H2,1-2H3. The van der Waals surface area contributed by atoms with E-state index in [1.165, 1.54) is 0 Å². The number of piperidine rings is 1. The fourth-order valence-corrected chi connectivity index (χ4v) is 3.55. The van der Waals surface area contributed by atoms with Gasteiger partial charge in [0.2, 0.25) is 0 Å². The molecule has 1 amide bonds. The van der Waals surface area contributed by atoms with Gasteiger partial charge in [0.05, 0.1) is 19.2 Å². The number of nitrogens with zero attached hydrogens (tertiary/aromatic N) is 1. The number of amides is 1. The predicted molar refractivity (Wildman–Crippen MR) is 99.8 cm³/mol. The third-order valence-corrected chi connectivity index (χ3v) is 5.17. The van der Waals surface area contributed by atoms with Crippen molar-refractivity contribution >= 4 is 5.91 Å². The molecule has 1 saturated heterocycles. The number of hydrogen-bond acceptors (Lipinski definition) is 4. The second kappa shape index (κ2) is 7.99. The van der Waals surface area contributed by atoms with Crippen LogP contribution in [0.3, 0.4) is 0 Å². The molecule has 3 rings (SSSR count). The minimum Gasteiger partial charge on any atom is -0.394 e. The van der Waals surface area contributed by atoms with Crippen LogP contribution in [-0.4, -0.2) is 55.1 Å². The van der Waals surface area contributed by atoms with Gasteiger partial charge in [0.1, 0.15) is 0 Å². The second-order valence-corrected chi connectivity index (χ2v) is 6.54. The first-order valence-electron chi connectivity index (χ1n) is 8.80. The normalized spacial score (nSPS) is 19.3. The number of hydrogen-bond donors (Lipinski definition) is 1. The van der Waals surface area contributed by atoms with Crippen molar-refractivity contribution in [1.29, 1.82) is 0 Å². The van der Waals surface area contributed by atoms with E-state index in [-0.39, 0.29) is 25.1 Å². The van der Waals surface area contributed by atoms with E-state index in [0.717, 1.165) is 11.1 Å².